The number of carboxylic acid groups (broad SMARTS) is 1. The van der Waals surface area contributed by atoms with Gasteiger partial charge >= 0.3 is 5.97 Å². The Morgan fingerprint density at radius 2 is 1.89 bits per heavy atom. The highest BCUT2D eigenvalue weighted by Crippen LogP contribution is 2.22. The summed E-state index contributed by atoms with van der Waals surface area (Å²) in [5.74, 6) is -2.12. The van der Waals surface area contributed by atoms with Crippen molar-refractivity contribution in [1.29, 1.82) is 0 Å². The molecule has 3 atom stereocenters. The van der Waals surface area contributed by atoms with Gasteiger partial charge in [0.2, 0.25) is 5.91 Å². The lowest BCUT2D eigenvalue weighted by atomic mass is 10.0. The van der Waals surface area contributed by atoms with Crippen LogP contribution in [0.2, 0.25) is 0 Å². The number of ether oxygens (including phenoxy) is 2. The molecule has 0 aliphatic carbocycles. The number of aliphatic carboxylic acids is 1. The van der Waals surface area contributed by atoms with Gasteiger partial charge in [-0.2, -0.15) is 0 Å². The zero-order valence-electron chi connectivity index (χ0n) is 15.5. The second-order valence-corrected chi connectivity index (χ2v) is 6.63. The Bertz CT molecular complexity index is 649. The normalized spacial score (nSPS) is 19.4. The molecule has 0 saturated carbocycles. The predicted octanol–water partition coefficient (Wildman–Crippen LogP) is 0.497. The molecule has 148 valence electrons. The van der Waals surface area contributed by atoms with E-state index in [4.69, 9.17) is 14.6 Å². The monoisotopic (exact) mass is 378 g/mol. The lowest BCUT2D eigenvalue weighted by Gasteiger charge is -2.18. The number of rotatable bonds is 11. The third-order valence-corrected chi connectivity index (χ3v) is 3.98. The number of nitrogens with one attached hydrogen (secondary N) is 2. The van der Waals surface area contributed by atoms with Crippen molar-refractivity contribution in [2.45, 2.75) is 51.0 Å². The van der Waals surface area contributed by atoms with Crippen molar-refractivity contribution in [2.75, 3.05) is 13.2 Å². The number of hydrogen-bond donors (Lipinski definition) is 3. The van der Waals surface area contributed by atoms with Crippen LogP contribution < -0.4 is 10.6 Å². The van der Waals surface area contributed by atoms with Crippen molar-refractivity contribution in [2.24, 2.45) is 0 Å². The molecule has 8 nitrogen and oxygen atoms in total. The molecule has 0 spiro atoms. The maximum absolute atomic E-state index is 12.5. The van der Waals surface area contributed by atoms with Gasteiger partial charge in [-0.15, -0.1) is 0 Å². The Kier molecular flexibility index (Phi) is 7.75. The third-order valence-electron chi connectivity index (χ3n) is 3.98. The Morgan fingerprint density at radius 1 is 1.19 bits per heavy atom. The Morgan fingerprint density at radius 3 is 2.48 bits per heavy atom. The minimum absolute atomic E-state index is 0.131. The largest absolute Gasteiger partial charge is 0.479 e. The molecule has 1 fully saturated rings. The van der Waals surface area contributed by atoms with Crippen LogP contribution in [0.1, 0.15) is 25.8 Å². The number of carbonyl (C=O) groups is 3. The van der Waals surface area contributed by atoms with Gasteiger partial charge < -0.3 is 25.2 Å². The first-order valence-corrected chi connectivity index (χ1v) is 9.00. The first kappa shape index (κ1) is 20.9. The average molecular weight is 378 g/mol. The number of carboxylic acids is 1. The second-order valence-electron chi connectivity index (χ2n) is 6.63. The Labute approximate surface area is 158 Å². The molecule has 1 heterocycles. The molecule has 8 heteroatoms. The summed E-state index contributed by atoms with van der Waals surface area (Å²) in [7, 11) is 0. The van der Waals surface area contributed by atoms with Crippen molar-refractivity contribution in [1.82, 2.24) is 10.6 Å². The van der Waals surface area contributed by atoms with E-state index in [1.807, 2.05) is 44.2 Å². The molecule has 0 bridgehead atoms. The van der Waals surface area contributed by atoms with Gasteiger partial charge in [-0.05, 0) is 25.8 Å². The molecule has 0 radical (unpaired) electrons. The van der Waals surface area contributed by atoms with Crippen molar-refractivity contribution in [3.63, 3.8) is 0 Å². The van der Waals surface area contributed by atoms with Crippen LogP contribution >= 0.6 is 0 Å². The minimum atomic E-state index is -1.19. The fraction of sp³-hybridized carbons (Fsp3) is 0.526. The Balaban J connectivity index is 1.89. The number of amides is 2. The summed E-state index contributed by atoms with van der Waals surface area (Å²) >= 11 is 0. The molecular formula is C19H26N2O6. The molecule has 0 unspecified atom stereocenters. The SMILES string of the molecule is CC(C)OCCCNC(=O)[C@H](Cc1ccccc1)NC(=O)[C@H]1O[C@@H]1C(=O)O. The van der Waals surface area contributed by atoms with Crippen molar-refractivity contribution in [3.8, 4) is 0 Å². The van der Waals surface area contributed by atoms with Crippen molar-refractivity contribution < 1.29 is 29.0 Å². The highest BCUT2D eigenvalue weighted by Gasteiger charge is 2.51. The van der Waals surface area contributed by atoms with Crippen LogP contribution in [0.25, 0.3) is 0 Å². The molecule has 1 aliphatic heterocycles. The first-order chi connectivity index (χ1) is 12.9. The average Bonchev–Trinajstić information content (AvgIpc) is 3.42. The molecule has 1 aromatic rings. The predicted molar refractivity (Wildman–Crippen MR) is 97.1 cm³/mol. The quantitative estimate of drug-likeness (QED) is 0.381. The highest BCUT2D eigenvalue weighted by molar-refractivity contribution is 5.95. The third kappa shape index (κ3) is 6.99. The number of epoxide rings is 1. The minimum Gasteiger partial charge on any atom is -0.479 e. The zero-order valence-corrected chi connectivity index (χ0v) is 15.5. The lowest BCUT2D eigenvalue weighted by Crippen LogP contribution is -2.49. The molecule has 1 saturated heterocycles. The van der Waals surface area contributed by atoms with E-state index in [2.05, 4.69) is 10.6 Å². The van der Waals surface area contributed by atoms with Crippen LogP contribution in [-0.2, 0) is 30.3 Å². The molecule has 2 amide bonds. The molecule has 27 heavy (non-hydrogen) atoms. The van der Waals surface area contributed by atoms with Crippen LogP contribution in [0.3, 0.4) is 0 Å². The van der Waals surface area contributed by atoms with Crippen molar-refractivity contribution >= 4 is 17.8 Å². The first-order valence-electron chi connectivity index (χ1n) is 9.00. The van der Waals surface area contributed by atoms with E-state index < -0.39 is 30.1 Å². The molecular weight excluding hydrogens is 352 g/mol. The highest BCUT2D eigenvalue weighted by atomic mass is 16.6. The molecule has 1 aliphatic rings. The summed E-state index contributed by atoms with van der Waals surface area (Å²) in [5, 5.41) is 14.2. The van der Waals surface area contributed by atoms with Gasteiger partial charge in [0.1, 0.15) is 6.04 Å². The van der Waals surface area contributed by atoms with E-state index >= 15 is 0 Å². The summed E-state index contributed by atoms with van der Waals surface area (Å²) in [6, 6.07) is 8.46. The van der Waals surface area contributed by atoms with Crippen molar-refractivity contribution in [3.05, 3.63) is 35.9 Å². The molecule has 1 aromatic carbocycles. The standard InChI is InChI=1S/C19H26N2O6/c1-12(2)26-10-6-9-20-17(22)14(11-13-7-4-3-5-8-13)21-18(23)15-16(27-15)19(24)25/h3-5,7-8,12,14-16H,6,9-11H2,1-2H3,(H,20,22)(H,21,23)(H,24,25)/t14-,15-,16-/m0/s1. The van der Waals surface area contributed by atoms with Gasteiger partial charge in [-0.3, -0.25) is 9.59 Å². The molecule has 2 rings (SSSR count). The van der Waals surface area contributed by atoms with Gasteiger partial charge in [0.25, 0.3) is 5.91 Å². The van der Waals surface area contributed by atoms with Gasteiger partial charge in [0.15, 0.2) is 12.2 Å². The smallest absolute Gasteiger partial charge is 0.336 e. The number of benzene rings is 1. The molecule has 3 N–H and O–H groups in total. The number of carbonyl (C=O) groups excluding carboxylic acids is 2. The summed E-state index contributed by atoms with van der Waals surface area (Å²) in [4.78, 5) is 35.5. The topological polar surface area (TPSA) is 117 Å². The summed E-state index contributed by atoms with van der Waals surface area (Å²) in [5.41, 5.74) is 0.882. The van der Waals surface area contributed by atoms with Gasteiger partial charge in [-0.25, -0.2) is 4.79 Å². The summed E-state index contributed by atoms with van der Waals surface area (Å²) in [6.07, 6.45) is -1.10. The van der Waals surface area contributed by atoms with Crippen LogP contribution in [-0.4, -0.2) is 60.4 Å². The van der Waals surface area contributed by atoms with E-state index in [0.29, 0.717) is 26.0 Å². The fourth-order valence-corrected chi connectivity index (χ4v) is 2.54. The van der Waals surface area contributed by atoms with E-state index in [0.717, 1.165) is 5.56 Å². The fourth-order valence-electron chi connectivity index (χ4n) is 2.54. The van der Waals surface area contributed by atoms with E-state index in [9.17, 15) is 14.4 Å². The van der Waals surface area contributed by atoms with Gasteiger partial charge in [0.05, 0.1) is 6.10 Å². The summed E-state index contributed by atoms with van der Waals surface area (Å²) < 4.78 is 10.3. The van der Waals surface area contributed by atoms with Crippen LogP contribution in [0.15, 0.2) is 30.3 Å². The maximum Gasteiger partial charge on any atom is 0.336 e. The number of hydrogen-bond acceptors (Lipinski definition) is 5. The van der Waals surface area contributed by atoms with Gasteiger partial charge in [0, 0.05) is 19.6 Å². The van der Waals surface area contributed by atoms with Crippen LogP contribution in [0.5, 0.6) is 0 Å². The van der Waals surface area contributed by atoms with E-state index in [1.54, 1.807) is 0 Å². The maximum atomic E-state index is 12.5. The van der Waals surface area contributed by atoms with E-state index in [-0.39, 0.29) is 12.0 Å². The van der Waals surface area contributed by atoms with Crippen LogP contribution in [0, 0.1) is 0 Å². The Hall–Kier alpha value is -2.45. The zero-order chi connectivity index (χ0) is 19.8. The van der Waals surface area contributed by atoms with Gasteiger partial charge in [-0.1, -0.05) is 30.3 Å². The summed E-state index contributed by atoms with van der Waals surface area (Å²) in [6.45, 7) is 4.83. The second kappa shape index (κ2) is 10.0. The molecule has 0 aromatic heterocycles. The van der Waals surface area contributed by atoms with Crippen LogP contribution in [0.4, 0.5) is 0 Å². The lowest BCUT2D eigenvalue weighted by molar-refractivity contribution is -0.138. The van der Waals surface area contributed by atoms with E-state index in [1.165, 1.54) is 0 Å².